The Kier molecular flexibility index (Phi) is 4.88. The van der Waals surface area contributed by atoms with Crippen molar-refractivity contribution in [3.63, 3.8) is 0 Å². The van der Waals surface area contributed by atoms with Gasteiger partial charge >= 0.3 is 0 Å². The van der Waals surface area contributed by atoms with E-state index in [0.29, 0.717) is 10.0 Å². The van der Waals surface area contributed by atoms with Crippen LogP contribution in [-0.4, -0.2) is 44.5 Å². The zero-order valence-electron chi connectivity index (χ0n) is 11.4. The maximum absolute atomic E-state index is 11.6. The average Bonchev–Trinajstić information content (AvgIpc) is 2.87. The number of nitrogens with one attached hydrogen (secondary N) is 1. The fourth-order valence-corrected chi connectivity index (χ4v) is 1.96. The highest BCUT2D eigenvalue weighted by Crippen LogP contribution is 2.34. The third-order valence-corrected chi connectivity index (χ3v) is 3.13. The normalized spacial score (nSPS) is 10.8. The Labute approximate surface area is 133 Å². The number of nitrogens with two attached hydrogens (primary N) is 1. The first-order valence-electron chi connectivity index (χ1n) is 5.91. The van der Waals surface area contributed by atoms with E-state index in [2.05, 4.69) is 42.0 Å². The summed E-state index contributed by atoms with van der Waals surface area (Å²) in [4.78, 5) is 11.6. The number of carbonyl (C=O) groups is 1. The van der Waals surface area contributed by atoms with E-state index in [1.807, 2.05) is 0 Å². The largest absolute Gasteiger partial charge is 0.503 e. The number of ether oxygens (including phenoxy) is 1. The number of carbonyl (C=O) groups excluding carboxylic acids is 1. The highest BCUT2D eigenvalue weighted by molar-refractivity contribution is 9.10. The first kappa shape index (κ1) is 15.7. The van der Waals surface area contributed by atoms with Crippen molar-refractivity contribution in [3.8, 4) is 11.5 Å². The van der Waals surface area contributed by atoms with Gasteiger partial charge in [0, 0.05) is 0 Å². The van der Waals surface area contributed by atoms with E-state index < -0.39 is 5.91 Å². The van der Waals surface area contributed by atoms with Crippen molar-refractivity contribution in [2.45, 2.75) is 6.54 Å². The van der Waals surface area contributed by atoms with Gasteiger partial charge < -0.3 is 15.6 Å². The molecule has 0 atom stereocenters. The minimum Gasteiger partial charge on any atom is -0.503 e. The molecule has 0 aliphatic carbocycles. The highest BCUT2D eigenvalue weighted by Gasteiger charge is 2.08. The molecule has 4 N–H and O–H groups in total. The third kappa shape index (κ3) is 3.69. The fourth-order valence-electron chi connectivity index (χ4n) is 1.50. The maximum Gasteiger partial charge on any atom is 0.261 e. The molecule has 1 amide bonds. The molecule has 0 radical (unpaired) electrons. The van der Waals surface area contributed by atoms with E-state index >= 15 is 0 Å². The van der Waals surface area contributed by atoms with Crippen molar-refractivity contribution in [2.75, 3.05) is 12.8 Å². The number of halogens is 1. The molecular formula is C11H12BrN7O3. The lowest BCUT2D eigenvalue weighted by molar-refractivity contribution is -0.121. The molecule has 11 heteroatoms. The second-order valence-electron chi connectivity index (χ2n) is 4.04. The van der Waals surface area contributed by atoms with Crippen molar-refractivity contribution in [3.05, 3.63) is 22.2 Å². The Morgan fingerprint density at radius 1 is 1.64 bits per heavy atom. The quantitative estimate of drug-likeness (QED) is 0.492. The molecule has 1 heterocycles. The van der Waals surface area contributed by atoms with E-state index in [1.165, 1.54) is 13.3 Å². The number of hydrogen-bond donors (Lipinski definition) is 3. The lowest BCUT2D eigenvalue weighted by atomic mass is 10.2. The zero-order chi connectivity index (χ0) is 16.1. The molecule has 0 bridgehead atoms. The van der Waals surface area contributed by atoms with Crippen molar-refractivity contribution >= 4 is 34.0 Å². The third-order valence-electron chi connectivity index (χ3n) is 2.53. The number of nitrogen functional groups attached to an aromatic ring is 1. The number of tetrazole rings is 1. The number of aromatic nitrogens is 4. The zero-order valence-corrected chi connectivity index (χ0v) is 13.0. The summed E-state index contributed by atoms with van der Waals surface area (Å²) in [6, 6.07) is 3.18. The highest BCUT2D eigenvalue weighted by atomic mass is 79.9. The lowest BCUT2D eigenvalue weighted by Gasteiger charge is -2.06. The number of rotatable bonds is 5. The Bertz CT molecular complexity index is 716. The van der Waals surface area contributed by atoms with Crippen LogP contribution in [0.1, 0.15) is 5.56 Å². The molecular weight excluding hydrogens is 358 g/mol. The molecule has 0 unspecified atom stereocenters. The summed E-state index contributed by atoms with van der Waals surface area (Å²) < 4.78 is 6.58. The number of phenolic OH excluding ortho intramolecular Hbond substituents is 1. The molecule has 0 fully saturated rings. The minimum atomic E-state index is -0.444. The minimum absolute atomic E-state index is 0.0159. The number of phenols is 1. The Balaban J connectivity index is 1.99. The summed E-state index contributed by atoms with van der Waals surface area (Å²) in [6.45, 7) is -0.154. The van der Waals surface area contributed by atoms with E-state index in [4.69, 9.17) is 10.5 Å². The van der Waals surface area contributed by atoms with Crippen LogP contribution in [0.15, 0.2) is 21.7 Å². The van der Waals surface area contributed by atoms with E-state index in [9.17, 15) is 9.90 Å². The van der Waals surface area contributed by atoms with Crippen LogP contribution >= 0.6 is 15.9 Å². The van der Waals surface area contributed by atoms with E-state index in [0.717, 1.165) is 4.68 Å². The predicted molar refractivity (Wildman–Crippen MR) is 80.3 cm³/mol. The molecule has 22 heavy (non-hydrogen) atoms. The smallest absolute Gasteiger partial charge is 0.261 e. The molecule has 0 aliphatic heterocycles. The van der Waals surface area contributed by atoms with Crippen molar-refractivity contribution in [1.29, 1.82) is 0 Å². The molecule has 0 spiro atoms. The molecule has 116 valence electrons. The predicted octanol–water partition coefficient (Wildman–Crippen LogP) is -0.118. The number of hydrazone groups is 1. The van der Waals surface area contributed by atoms with Gasteiger partial charge in [-0.2, -0.15) is 5.10 Å². The SMILES string of the molecule is COc1cc(/C=N\NC(=O)Cn2nnnc2N)cc(Br)c1O. The monoisotopic (exact) mass is 369 g/mol. The summed E-state index contributed by atoms with van der Waals surface area (Å²) >= 11 is 3.19. The molecule has 0 saturated carbocycles. The fraction of sp³-hybridized carbons (Fsp3) is 0.182. The number of anilines is 1. The van der Waals surface area contributed by atoms with Gasteiger partial charge in [0.15, 0.2) is 11.5 Å². The van der Waals surface area contributed by atoms with Crippen molar-refractivity contribution in [1.82, 2.24) is 25.6 Å². The summed E-state index contributed by atoms with van der Waals surface area (Å²) in [5, 5.41) is 23.8. The van der Waals surface area contributed by atoms with Crippen LogP contribution in [-0.2, 0) is 11.3 Å². The van der Waals surface area contributed by atoms with Gasteiger partial charge in [-0.1, -0.05) is 5.10 Å². The van der Waals surface area contributed by atoms with E-state index in [1.54, 1.807) is 12.1 Å². The Morgan fingerprint density at radius 3 is 3.05 bits per heavy atom. The van der Waals surface area contributed by atoms with Crippen molar-refractivity contribution < 1.29 is 14.6 Å². The number of amides is 1. The number of hydrogen-bond acceptors (Lipinski definition) is 8. The van der Waals surface area contributed by atoms with Gasteiger partial charge in [-0.05, 0) is 44.1 Å². The molecule has 2 aromatic rings. The van der Waals surface area contributed by atoms with Gasteiger partial charge in [0.25, 0.3) is 5.91 Å². The van der Waals surface area contributed by atoms with Gasteiger partial charge in [0.05, 0.1) is 17.8 Å². The van der Waals surface area contributed by atoms with Crippen LogP contribution in [0, 0.1) is 0 Å². The van der Waals surface area contributed by atoms with Gasteiger partial charge in [-0.15, -0.1) is 0 Å². The first-order valence-corrected chi connectivity index (χ1v) is 6.70. The lowest BCUT2D eigenvalue weighted by Crippen LogP contribution is -2.24. The van der Waals surface area contributed by atoms with Crippen LogP contribution in [0.2, 0.25) is 0 Å². The van der Waals surface area contributed by atoms with Gasteiger partial charge in [-0.3, -0.25) is 4.79 Å². The van der Waals surface area contributed by atoms with Gasteiger partial charge in [0.2, 0.25) is 5.95 Å². The molecule has 0 aliphatic rings. The Hall–Kier alpha value is -2.69. The van der Waals surface area contributed by atoms with E-state index in [-0.39, 0.29) is 24.0 Å². The number of methoxy groups -OCH3 is 1. The summed E-state index contributed by atoms with van der Waals surface area (Å²) in [7, 11) is 1.43. The maximum atomic E-state index is 11.6. The molecule has 1 aromatic carbocycles. The summed E-state index contributed by atoms with van der Waals surface area (Å²) in [5.74, 6) is -0.146. The molecule has 0 saturated heterocycles. The second kappa shape index (κ2) is 6.85. The standard InChI is InChI=1S/C11H12BrN7O3/c1-22-8-3-6(2-7(12)10(8)21)4-14-15-9(20)5-19-11(13)16-17-18-19/h2-4,21H,5H2,1H3,(H,15,20)(H2,13,16,18)/b14-4-. The van der Waals surface area contributed by atoms with Crippen LogP contribution in [0.25, 0.3) is 0 Å². The second-order valence-corrected chi connectivity index (χ2v) is 4.90. The molecule has 10 nitrogen and oxygen atoms in total. The number of aromatic hydroxyl groups is 1. The topological polar surface area (TPSA) is 141 Å². The van der Waals surface area contributed by atoms with Crippen LogP contribution in [0.3, 0.4) is 0 Å². The summed E-state index contributed by atoms with van der Waals surface area (Å²) in [5.41, 5.74) is 8.36. The number of benzene rings is 1. The average molecular weight is 370 g/mol. The van der Waals surface area contributed by atoms with Gasteiger partial charge in [0.1, 0.15) is 6.54 Å². The van der Waals surface area contributed by atoms with Crippen LogP contribution < -0.4 is 15.9 Å². The van der Waals surface area contributed by atoms with Gasteiger partial charge in [-0.25, -0.2) is 10.1 Å². The van der Waals surface area contributed by atoms with Crippen LogP contribution in [0.5, 0.6) is 11.5 Å². The van der Waals surface area contributed by atoms with Crippen molar-refractivity contribution in [2.24, 2.45) is 5.10 Å². The molecule has 1 aromatic heterocycles. The number of nitrogens with zero attached hydrogens (tertiary/aromatic N) is 5. The van der Waals surface area contributed by atoms with Crippen LogP contribution in [0.4, 0.5) is 5.95 Å². The molecule has 2 rings (SSSR count). The summed E-state index contributed by atoms with van der Waals surface area (Å²) in [6.07, 6.45) is 1.40. The Morgan fingerprint density at radius 2 is 2.41 bits per heavy atom. The first-order chi connectivity index (χ1) is 10.5.